The number of anilines is 1. The second-order valence-electron chi connectivity index (χ2n) is 10.3. The largest absolute Gasteiger partial charge is 0.493 e. The molecule has 4 bridgehead atoms. The molecule has 4 aliphatic rings. The highest BCUT2D eigenvalue weighted by atomic mass is 16.5. The molecule has 0 saturated heterocycles. The number of carbonyl (C=O) groups excluding carboxylic acids is 2. The van der Waals surface area contributed by atoms with Gasteiger partial charge in [0.25, 0.3) is 5.91 Å². The minimum absolute atomic E-state index is 0.149. The number of nitrogens with zero attached hydrogens (tertiary/aromatic N) is 1. The quantitative estimate of drug-likeness (QED) is 0.391. The molecule has 2 aromatic rings. The monoisotopic (exact) mass is 476 g/mol. The van der Waals surface area contributed by atoms with Crippen molar-refractivity contribution in [1.29, 1.82) is 0 Å². The van der Waals surface area contributed by atoms with Crippen LogP contribution in [-0.2, 0) is 10.2 Å². The number of primary amides is 1. The van der Waals surface area contributed by atoms with Gasteiger partial charge >= 0.3 is 6.03 Å². The van der Waals surface area contributed by atoms with Crippen molar-refractivity contribution in [3.8, 4) is 11.5 Å². The highest BCUT2D eigenvalue weighted by Crippen LogP contribution is 2.60. The van der Waals surface area contributed by atoms with Gasteiger partial charge in [-0.25, -0.2) is 10.2 Å². The maximum atomic E-state index is 12.5. The fourth-order valence-electron chi connectivity index (χ4n) is 6.77. The summed E-state index contributed by atoms with van der Waals surface area (Å²) in [5.41, 5.74) is 10.3. The summed E-state index contributed by atoms with van der Waals surface area (Å²) in [6.45, 7) is -0.149. The van der Waals surface area contributed by atoms with Crippen LogP contribution in [0.1, 0.15) is 49.7 Å². The molecular weight excluding hydrogens is 444 g/mol. The van der Waals surface area contributed by atoms with Gasteiger partial charge < -0.3 is 20.5 Å². The zero-order chi connectivity index (χ0) is 24.4. The van der Waals surface area contributed by atoms with Crippen molar-refractivity contribution in [3.63, 3.8) is 0 Å². The number of ether oxygens (including phenoxy) is 2. The van der Waals surface area contributed by atoms with Crippen molar-refractivity contribution in [2.75, 3.05) is 19.0 Å². The van der Waals surface area contributed by atoms with Gasteiger partial charge in [-0.2, -0.15) is 5.10 Å². The van der Waals surface area contributed by atoms with Gasteiger partial charge in [0.15, 0.2) is 18.1 Å². The molecule has 0 spiro atoms. The maximum Gasteiger partial charge on any atom is 0.332 e. The van der Waals surface area contributed by atoms with Crippen molar-refractivity contribution >= 4 is 23.8 Å². The minimum atomic E-state index is -0.749. The average Bonchev–Trinajstić information content (AvgIpc) is 2.82. The van der Waals surface area contributed by atoms with Crippen molar-refractivity contribution in [1.82, 2.24) is 5.43 Å². The first-order valence-electron chi connectivity index (χ1n) is 12.2. The molecule has 184 valence electrons. The Morgan fingerprint density at radius 1 is 1.03 bits per heavy atom. The molecular formula is C27H32N4O4. The SMILES string of the molecule is COc1cc(/C=N\NC(N)=O)ccc1OCC(=O)Nc1ccc(C23CC4CC(CC(C4)C2)C3)cc1. The first-order valence-corrected chi connectivity index (χ1v) is 12.2. The number of nitrogens with two attached hydrogens (primary N) is 1. The minimum Gasteiger partial charge on any atom is -0.493 e. The zero-order valence-electron chi connectivity index (χ0n) is 20.0. The van der Waals surface area contributed by atoms with Gasteiger partial charge in [-0.05, 0) is 103 Å². The van der Waals surface area contributed by atoms with Gasteiger partial charge in [-0.15, -0.1) is 0 Å². The predicted molar refractivity (Wildman–Crippen MR) is 134 cm³/mol. The van der Waals surface area contributed by atoms with Gasteiger partial charge in [0.2, 0.25) is 0 Å². The van der Waals surface area contributed by atoms with E-state index in [1.807, 2.05) is 12.1 Å². The number of nitrogens with one attached hydrogen (secondary N) is 2. The maximum absolute atomic E-state index is 12.5. The molecule has 2 aromatic carbocycles. The predicted octanol–water partition coefficient (Wildman–Crippen LogP) is 4.18. The molecule has 0 aromatic heterocycles. The Hall–Kier alpha value is -3.55. The van der Waals surface area contributed by atoms with Gasteiger partial charge in [0.1, 0.15) is 0 Å². The number of benzene rings is 2. The topological polar surface area (TPSA) is 115 Å². The average molecular weight is 477 g/mol. The van der Waals surface area contributed by atoms with E-state index in [0.717, 1.165) is 23.4 Å². The Bertz CT molecular complexity index is 1090. The Labute approximate surface area is 205 Å². The number of carbonyl (C=O) groups is 2. The Kier molecular flexibility index (Phi) is 6.36. The van der Waals surface area contributed by atoms with Crippen LogP contribution in [0.3, 0.4) is 0 Å². The van der Waals surface area contributed by atoms with Crippen LogP contribution < -0.4 is 25.9 Å². The summed E-state index contributed by atoms with van der Waals surface area (Å²) in [7, 11) is 1.51. The molecule has 3 amide bonds. The third-order valence-electron chi connectivity index (χ3n) is 7.75. The molecule has 0 heterocycles. The van der Waals surface area contributed by atoms with Crippen molar-refractivity contribution < 1.29 is 19.1 Å². The standard InChI is InChI=1S/C27H32N4O4/c1-34-24-11-17(15-29-31-26(28)33)2-7-23(24)35-16-25(32)30-22-5-3-21(4-6-22)27-12-18-8-19(13-27)10-20(9-18)14-27/h2-7,11,15,18-20H,8-10,12-14,16H2,1H3,(H,30,32)(H3,28,31,33)/b29-15-. The molecule has 8 heteroatoms. The Balaban J connectivity index is 1.17. The molecule has 8 nitrogen and oxygen atoms in total. The van der Waals surface area contributed by atoms with E-state index in [1.165, 1.54) is 57.4 Å². The molecule has 0 unspecified atom stereocenters. The molecule has 0 aliphatic heterocycles. The number of amides is 3. The third-order valence-corrected chi connectivity index (χ3v) is 7.75. The molecule has 35 heavy (non-hydrogen) atoms. The summed E-state index contributed by atoms with van der Waals surface area (Å²) in [6.07, 6.45) is 9.70. The van der Waals surface area contributed by atoms with Crippen LogP contribution in [0.4, 0.5) is 10.5 Å². The van der Waals surface area contributed by atoms with E-state index >= 15 is 0 Å². The van der Waals surface area contributed by atoms with Crippen LogP contribution in [0.5, 0.6) is 11.5 Å². The summed E-state index contributed by atoms with van der Waals surface area (Å²) in [5.74, 6) is 3.35. The van der Waals surface area contributed by atoms with Crippen LogP contribution in [0, 0.1) is 17.8 Å². The van der Waals surface area contributed by atoms with Crippen molar-refractivity contribution in [2.45, 2.75) is 43.9 Å². The summed E-state index contributed by atoms with van der Waals surface area (Å²) < 4.78 is 11.0. The number of hydrogen-bond acceptors (Lipinski definition) is 5. The lowest BCUT2D eigenvalue weighted by atomic mass is 9.48. The number of hydrogen-bond donors (Lipinski definition) is 3. The normalized spacial score (nSPS) is 26.5. The number of hydrazone groups is 1. The van der Waals surface area contributed by atoms with Crippen LogP contribution in [0.2, 0.25) is 0 Å². The third kappa shape index (κ3) is 5.11. The number of urea groups is 1. The summed E-state index contributed by atoms with van der Waals surface area (Å²) >= 11 is 0. The van der Waals surface area contributed by atoms with E-state index in [2.05, 4.69) is 28.0 Å². The van der Waals surface area contributed by atoms with Gasteiger partial charge in [0.05, 0.1) is 13.3 Å². The van der Waals surface area contributed by atoms with E-state index in [1.54, 1.807) is 18.2 Å². The number of rotatable bonds is 8. The second kappa shape index (κ2) is 9.60. The summed E-state index contributed by atoms with van der Waals surface area (Å²) in [6, 6.07) is 12.8. The highest BCUT2D eigenvalue weighted by Gasteiger charge is 2.51. The molecule has 0 atom stereocenters. The fraction of sp³-hybridized carbons (Fsp3) is 0.444. The molecule has 4 saturated carbocycles. The molecule has 4 aliphatic carbocycles. The second-order valence-corrected chi connectivity index (χ2v) is 10.3. The molecule has 4 fully saturated rings. The molecule has 6 rings (SSSR count). The number of methoxy groups -OCH3 is 1. The lowest BCUT2D eigenvalue weighted by Crippen LogP contribution is -2.48. The summed E-state index contributed by atoms with van der Waals surface area (Å²) in [5, 5.41) is 6.64. The Morgan fingerprint density at radius 2 is 1.69 bits per heavy atom. The molecule has 0 radical (unpaired) electrons. The van der Waals surface area contributed by atoms with Crippen molar-refractivity contribution in [2.24, 2.45) is 28.6 Å². The van der Waals surface area contributed by atoms with E-state index < -0.39 is 6.03 Å². The summed E-state index contributed by atoms with van der Waals surface area (Å²) in [4.78, 5) is 23.2. The Morgan fingerprint density at radius 3 is 2.29 bits per heavy atom. The lowest BCUT2D eigenvalue weighted by molar-refractivity contribution is -0.118. The van der Waals surface area contributed by atoms with Crippen LogP contribution in [-0.4, -0.2) is 31.9 Å². The van der Waals surface area contributed by atoms with E-state index in [9.17, 15) is 9.59 Å². The van der Waals surface area contributed by atoms with E-state index in [0.29, 0.717) is 22.5 Å². The van der Waals surface area contributed by atoms with Gasteiger partial charge in [-0.3, -0.25) is 4.79 Å². The lowest BCUT2D eigenvalue weighted by Gasteiger charge is -2.57. The zero-order valence-corrected chi connectivity index (χ0v) is 20.0. The first-order chi connectivity index (χ1) is 16.9. The van der Waals surface area contributed by atoms with Gasteiger partial charge in [0, 0.05) is 5.69 Å². The highest BCUT2D eigenvalue weighted by molar-refractivity contribution is 5.92. The van der Waals surface area contributed by atoms with Crippen molar-refractivity contribution in [3.05, 3.63) is 53.6 Å². The smallest absolute Gasteiger partial charge is 0.332 e. The van der Waals surface area contributed by atoms with E-state index in [-0.39, 0.29) is 12.5 Å². The molecule has 4 N–H and O–H groups in total. The van der Waals surface area contributed by atoms with Crippen LogP contribution in [0.25, 0.3) is 0 Å². The fourth-order valence-corrected chi connectivity index (χ4v) is 6.77. The van der Waals surface area contributed by atoms with Gasteiger partial charge in [-0.1, -0.05) is 12.1 Å². The first kappa shape index (κ1) is 23.2. The van der Waals surface area contributed by atoms with Crippen LogP contribution in [0.15, 0.2) is 47.6 Å². The van der Waals surface area contributed by atoms with Crippen LogP contribution >= 0.6 is 0 Å². The van der Waals surface area contributed by atoms with E-state index in [4.69, 9.17) is 15.2 Å².